The molecule has 0 N–H and O–H groups in total. The van der Waals surface area contributed by atoms with Crippen LogP contribution in [-0.4, -0.2) is 46.5 Å². The summed E-state index contributed by atoms with van der Waals surface area (Å²) in [5.41, 5.74) is 3.31. The van der Waals surface area contributed by atoms with E-state index in [2.05, 4.69) is 15.0 Å². The maximum Gasteiger partial charge on any atom is 0.254 e. The van der Waals surface area contributed by atoms with Crippen LogP contribution in [0.1, 0.15) is 27.3 Å². The minimum Gasteiger partial charge on any atom is -0.495 e. The Labute approximate surface area is 174 Å². The number of fused-ring (bicyclic) bond motifs is 1. The predicted octanol–water partition coefficient (Wildman–Crippen LogP) is 2.67. The second kappa shape index (κ2) is 8.77. The van der Waals surface area contributed by atoms with Crippen molar-refractivity contribution in [2.24, 2.45) is 0 Å². The topological polar surface area (TPSA) is 86.7 Å². The van der Waals surface area contributed by atoms with Gasteiger partial charge in [-0.3, -0.25) is 14.8 Å². The molecule has 8 heteroatoms. The Bertz CT molecular complexity index is 1040. The number of nitrogens with zero attached hydrogens (tertiary/aromatic N) is 4. The number of hydrogen-bond acceptors (Lipinski definition) is 7. The van der Waals surface area contributed by atoms with E-state index in [1.54, 1.807) is 42.7 Å². The lowest BCUT2D eigenvalue weighted by Gasteiger charge is -2.28. The van der Waals surface area contributed by atoms with Crippen molar-refractivity contribution in [1.82, 2.24) is 19.9 Å². The van der Waals surface area contributed by atoms with Crippen LogP contribution in [0.2, 0.25) is 0 Å². The van der Waals surface area contributed by atoms with E-state index < -0.39 is 0 Å². The van der Waals surface area contributed by atoms with Crippen molar-refractivity contribution in [2.75, 3.05) is 20.8 Å². The van der Waals surface area contributed by atoms with Crippen LogP contribution in [0.25, 0.3) is 0 Å². The summed E-state index contributed by atoms with van der Waals surface area (Å²) in [6.45, 7) is 1.41. The molecule has 0 fully saturated rings. The van der Waals surface area contributed by atoms with Gasteiger partial charge in [0.05, 0.1) is 32.3 Å². The van der Waals surface area contributed by atoms with Gasteiger partial charge in [-0.1, -0.05) is 0 Å². The number of ether oxygens (including phenoxy) is 3. The summed E-state index contributed by atoms with van der Waals surface area (Å²) in [6.07, 6.45) is 5.64. The van der Waals surface area contributed by atoms with Crippen molar-refractivity contribution in [1.29, 1.82) is 0 Å². The maximum absolute atomic E-state index is 12.9. The number of carbonyl (C=O) groups excluding carboxylic acids is 1. The van der Waals surface area contributed by atoms with Gasteiger partial charge in [0.15, 0.2) is 0 Å². The fraction of sp³-hybridized carbons (Fsp3) is 0.273. The highest BCUT2D eigenvalue weighted by Gasteiger charge is 2.23. The van der Waals surface area contributed by atoms with Gasteiger partial charge in [-0.05, 0) is 29.8 Å². The molecule has 0 unspecified atom stereocenters. The lowest BCUT2D eigenvalue weighted by molar-refractivity contribution is 0.0732. The van der Waals surface area contributed by atoms with Crippen LogP contribution < -0.4 is 14.2 Å². The number of methoxy groups -OCH3 is 2. The van der Waals surface area contributed by atoms with Crippen molar-refractivity contribution < 1.29 is 19.0 Å². The van der Waals surface area contributed by atoms with E-state index in [4.69, 9.17) is 14.2 Å². The first kappa shape index (κ1) is 19.6. The third-order valence-corrected chi connectivity index (χ3v) is 4.91. The lowest BCUT2D eigenvalue weighted by Crippen LogP contribution is -2.36. The van der Waals surface area contributed by atoms with E-state index in [-0.39, 0.29) is 5.91 Å². The van der Waals surface area contributed by atoms with Gasteiger partial charge < -0.3 is 19.1 Å². The SMILES string of the molecule is COc1ccc(COc2cnc3c(c2)CN(C(=O)c2ccnc(OC)c2)CC3)nc1. The average molecular weight is 406 g/mol. The molecule has 0 aromatic carbocycles. The van der Waals surface area contributed by atoms with Gasteiger partial charge in [0.2, 0.25) is 5.88 Å². The second-order valence-corrected chi connectivity index (χ2v) is 6.82. The van der Waals surface area contributed by atoms with E-state index in [0.717, 1.165) is 17.0 Å². The maximum atomic E-state index is 12.9. The number of pyridine rings is 3. The Hall–Kier alpha value is -3.68. The summed E-state index contributed by atoms with van der Waals surface area (Å²) >= 11 is 0. The molecule has 30 heavy (non-hydrogen) atoms. The molecule has 1 amide bonds. The summed E-state index contributed by atoms with van der Waals surface area (Å²) in [4.78, 5) is 27.6. The Morgan fingerprint density at radius 2 is 1.90 bits per heavy atom. The Morgan fingerprint density at radius 3 is 2.67 bits per heavy atom. The molecule has 0 bridgehead atoms. The number of rotatable bonds is 6. The predicted molar refractivity (Wildman–Crippen MR) is 109 cm³/mol. The van der Waals surface area contributed by atoms with Crippen molar-refractivity contribution in [2.45, 2.75) is 19.6 Å². The summed E-state index contributed by atoms with van der Waals surface area (Å²) < 4.78 is 16.1. The second-order valence-electron chi connectivity index (χ2n) is 6.82. The van der Waals surface area contributed by atoms with Gasteiger partial charge in [0, 0.05) is 43.0 Å². The zero-order chi connectivity index (χ0) is 20.9. The molecule has 3 aromatic heterocycles. The van der Waals surface area contributed by atoms with E-state index in [9.17, 15) is 4.79 Å². The van der Waals surface area contributed by atoms with Gasteiger partial charge in [-0.25, -0.2) is 4.98 Å². The zero-order valence-electron chi connectivity index (χ0n) is 16.9. The summed E-state index contributed by atoms with van der Waals surface area (Å²) in [7, 11) is 3.13. The molecule has 4 rings (SSSR count). The summed E-state index contributed by atoms with van der Waals surface area (Å²) in [5.74, 6) is 1.70. The van der Waals surface area contributed by atoms with Gasteiger partial charge in [0.25, 0.3) is 5.91 Å². The molecule has 0 aliphatic carbocycles. The molecule has 1 aliphatic rings. The zero-order valence-corrected chi connectivity index (χ0v) is 16.9. The third-order valence-electron chi connectivity index (χ3n) is 4.91. The van der Waals surface area contributed by atoms with E-state index in [1.807, 2.05) is 18.2 Å². The van der Waals surface area contributed by atoms with Crippen LogP contribution in [0.15, 0.2) is 48.9 Å². The molecule has 0 radical (unpaired) electrons. The standard InChI is InChI=1S/C22H22N4O4/c1-28-18-4-3-17(24-11-18)14-30-19-9-16-13-26(8-6-20(16)25-12-19)22(27)15-5-7-23-21(10-15)29-2/h3-5,7,9-12H,6,8,13-14H2,1-2H3. The van der Waals surface area contributed by atoms with E-state index in [0.29, 0.717) is 49.1 Å². The van der Waals surface area contributed by atoms with E-state index in [1.165, 1.54) is 7.11 Å². The van der Waals surface area contributed by atoms with Crippen LogP contribution in [0.5, 0.6) is 17.4 Å². The van der Waals surface area contributed by atoms with Crippen LogP contribution in [-0.2, 0) is 19.6 Å². The molecule has 1 aliphatic heterocycles. The van der Waals surface area contributed by atoms with Crippen molar-refractivity contribution in [3.63, 3.8) is 0 Å². The number of aromatic nitrogens is 3. The normalized spacial score (nSPS) is 12.8. The molecule has 0 saturated heterocycles. The van der Waals surface area contributed by atoms with Gasteiger partial charge >= 0.3 is 0 Å². The quantitative estimate of drug-likeness (QED) is 0.622. The van der Waals surface area contributed by atoms with Crippen LogP contribution in [0.4, 0.5) is 0 Å². The average Bonchev–Trinajstić information content (AvgIpc) is 2.82. The fourth-order valence-electron chi connectivity index (χ4n) is 3.27. The number of hydrogen-bond donors (Lipinski definition) is 0. The minimum absolute atomic E-state index is 0.0601. The monoisotopic (exact) mass is 406 g/mol. The van der Waals surface area contributed by atoms with Crippen molar-refractivity contribution in [3.05, 3.63) is 71.4 Å². The van der Waals surface area contributed by atoms with Crippen molar-refractivity contribution >= 4 is 5.91 Å². The number of carbonyl (C=O) groups is 1. The first-order chi connectivity index (χ1) is 14.7. The molecular formula is C22H22N4O4. The first-order valence-corrected chi connectivity index (χ1v) is 9.55. The van der Waals surface area contributed by atoms with Gasteiger partial charge in [-0.15, -0.1) is 0 Å². The highest BCUT2D eigenvalue weighted by Crippen LogP contribution is 2.24. The highest BCUT2D eigenvalue weighted by molar-refractivity contribution is 5.94. The van der Waals surface area contributed by atoms with Crippen LogP contribution >= 0.6 is 0 Å². The highest BCUT2D eigenvalue weighted by atomic mass is 16.5. The van der Waals surface area contributed by atoms with E-state index >= 15 is 0 Å². The van der Waals surface area contributed by atoms with Gasteiger partial charge in [0.1, 0.15) is 18.1 Å². The molecule has 0 spiro atoms. The summed E-state index contributed by atoms with van der Waals surface area (Å²) in [6, 6.07) is 8.98. The Kier molecular flexibility index (Phi) is 5.74. The van der Waals surface area contributed by atoms with Gasteiger partial charge in [-0.2, -0.15) is 0 Å². The molecular weight excluding hydrogens is 384 g/mol. The minimum atomic E-state index is -0.0601. The smallest absolute Gasteiger partial charge is 0.254 e. The molecule has 0 atom stereocenters. The summed E-state index contributed by atoms with van der Waals surface area (Å²) in [5, 5.41) is 0. The molecule has 154 valence electrons. The number of amides is 1. The van der Waals surface area contributed by atoms with Crippen LogP contribution in [0, 0.1) is 0 Å². The Morgan fingerprint density at radius 1 is 1.03 bits per heavy atom. The first-order valence-electron chi connectivity index (χ1n) is 9.55. The molecule has 8 nitrogen and oxygen atoms in total. The fourth-order valence-corrected chi connectivity index (χ4v) is 3.27. The molecule has 3 aromatic rings. The van der Waals surface area contributed by atoms with Crippen LogP contribution in [0.3, 0.4) is 0 Å². The lowest BCUT2D eigenvalue weighted by atomic mass is 10.0. The molecule has 4 heterocycles. The van der Waals surface area contributed by atoms with Crippen molar-refractivity contribution in [3.8, 4) is 17.4 Å². The largest absolute Gasteiger partial charge is 0.495 e. The third kappa shape index (κ3) is 4.32. The Balaban J connectivity index is 1.44. The molecule has 0 saturated carbocycles.